The highest BCUT2D eigenvalue weighted by molar-refractivity contribution is 8.13. The third-order valence-electron chi connectivity index (χ3n) is 6.65. The van der Waals surface area contributed by atoms with Crippen LogP contribution >= 0.6 is 11.8 Å². The third kappa shape index (κ3) is 10.1. The number of nitrogens with zero attached hydrogens (tertiary/aromatic N) is 4. The molecule has 226 valence electrons. The summed E-state index contributed by atoms with van der Waals surface area (Å²) in [5, 5.41) is 16.7. The molecule has 0 radical (unpaired) electrons. The predicted octanol–water partition coefficient (Wildman–Crippen LogP) is 4.68. The van der Waals surface area contributed by atoms with Gasteiger partial charge in [-0.25, -0.2) is 14.4 Å². The number of allylic oxidation sites excluding steroid dienone is 4. The summed E-state index contributed by atoms with van der Waals surface area (Å²) in [6.07, 6.45) is 10.8. The summed E-state index contributed by atoms with van der Waals surface area (Å²) in [7, 11) is 0. The minimum Gasteiger partial charge on any atom is -0.371 e. The summed E-state index contributed by atoms with van der Waals surface area (Å²) in [6, 6.07) is 10.8. The summed E-state index contributed by atoms with van der Waals surface area (Å²) < 4.78 is 12.2. The highest BCUT2D eigenvalue weighted by atomic mass is 32.2. The van der Waals surface area contributed by atoms with Crippen LogP contribution in [0.5, 0.6) is 0 Å². The molecule has 2 amide bonds. The Labute approximate surface area is 255 Å². The van der Waals surface area contributed by atoms with Gasteiger partial charge in [-0.15, -0.1) is 0 Å². The van der Waals surface area contributed by atoms with Gasteiger partial charge in [-0.2, -0.15) is 5.26 Å². The molecule has 4 rings (SSSR count). The fourth-order valence-corrected chi connectivity index (χ4v) is 4.78. The fraction of sp³-hybridized carbons (Fsp3) is 0.355. The molecule has 2 aliphatic rings. The van der Waals surface area contributed by atoms with E-state index in [4.69, 9.17) is 5.26 Å². The SMILES string of the molecule is CC.N#CCNC(=O)C1=CC=C(c2ccnc(Nc3ccc(N4CCC(C(=O)NCC(=O)SCF)CC4)cc3)n2)CC=C1. The number of nitrogens with one attached hydrogen (secondary N) is 3. The first kappa shape index (κ1) is 33.0. The van der Waals surface area contributed by atoms with E-state index in [1.807, 2.05) is 62.4 Å². The van der Waals surface area contributed by atoms with Crippen LogP contribution in [0, 0.1) is 17.2 Å². The number of hydrogen-bond acceptors (Lipinski definition) is 9. The number of halogens is 1. The van der Waals surface area contributed by atoms with Crippen LogP contribution in [-0.2, 0) is 14.4 Å². The van der Waals surface area contributed by atoms with Crippen molar-refractivity contribution < 1.29 is 18.8 Å². The maximum absolute atomic E-state index is 12.3. The lowest BCUT2D eigenvalue weighted by atomic mass is 9.95. The van der Waals surface area contributed by atoms with Gasteiger partial charge in [0.05, 0.1) is 18.3 Å². The molecule has 0 saturated carbocycles. The molecule has 0 spiro atoms. The maximum Gasteiger partial charge on any atom is 0.252 e. The first-order chi connectivity index (χ1) is 21.0. The molecule has 10 nitrogen and oxygen atoms in total. The summed E-state index contributed by atoms with van der Waals surface area (Å²) in [5.41, 5.74) is 3.98. The molecule has 2 aromatic rings. The zero-order valence-electron chi connectivity index (χ0n) is 24.3. The van der Waals surface area contributed by atoms with E-state index in [-0.39, 0.29) is 35.9 Å². The van der Waals surface area contributed by atoms with Crippen molar-refractivity contribution in [1.29, 1.82) is 5.26 Å². The molecule has 2 heterocycles. The van der Waals surface area contributed by atoms with Gasteiger partial charge in [0.1, 0.15) is 12.6 Å². The summed E-state index contributed by atoms with van der Waals surface area (Å²) in [5.74, 6) is -0.188. The van der Waals surface area contributed by atoms with Crippen LogP contribution in [0.3, 0.4) is 0 Å². The topological polar surface area (TPSA) is 140 Å². The van der Waals surface area contributed by atoms with Crippen molar-refractivity contribution in [2.24, 2.45) is 5.92 Å². The molecular weight excluding hydrogens is 569 g/mol. The van der Waals surface area contributed by atoms with Crippen LogP contribution in [0.15, 0.2) is 66.4 Å². The van der Waals surface area contributed by atoms with Gasteiger partial charge in [-0.3, -0.25) is 14.4 Å². The average Bonchev–Trinajstić information content (AvgIpc) is 3.31. The molecule has 0 atom stereocenters. The molecule has 43 heavy (non-hydrogen) atoms. The van der Waals surface area contributed by atoms with Gasteiger partial charge in [0.25, 0.3) is 5.91 Å². The zero-order chi connectivity index (χ0) is 31.0. The molecule has 1 aromatic carbocycles. The van der Waals surface area contributed by atoms with E-state index < -0.39 is 6.01 Å². The summed E-state index contributed by atoms with van der Waals surface area (Å²) in [4.78, 5) is 47.1. The first-order valence-corrected chi connectivity index (χ1v) is 15.1. The van der Waals surface area contributed by atoms with Crippen LogP contribution in [-0.4, -0.2) is 59.1 Å². The number of carbonyl (C=O) groups is 3. The highest BCUT2D eigenvalue weighted by Crippen LogP contribution is 2.26. The van der Waals surface area contributed by atoms with Crippen LogP contribution < -0.4 is 20.9 Å². The minimum absolute atomic E-state index is 0.0481. The maximum atomic E-state index is 12.3. The second-order valence-electron chi connectivity index (χ2n) is 9.30. The summed E-state index contributed by atoms with van der Waals surface area (Å²) in [6.45, 7) is 5.23. The molecule has 0 unspecified atom stereocenters. The number of rotatable bonds is 10. The van der Waals surface area contributed by atoms with E-state index in [0.29, 0.717) is 55.6 Å². The Morgan fingerprint density at radius 3 is 2.53 bits per heavy atom. The van der Waals surface area contributed by atoms with Gasteiger partial charge in [0.15, 0.2) is 0 Å². The van der Waals surface area contributed by atoms with Crippen molar-refractivity contribution in [3.8, 4) is 6.07 Å². The lowest BCUT2D eigenvalue weighted by Crippen LogP contribution is -2.41. The van der Waals surface area contributed by atoms with Gasteiger partial charge >= 0.3 is 0 Å². The van der Waals surface area contributed by atoms with Crippen LogP contribution in [0.4, 0.5) is 21.7 Å². The smallest absolute Gasteiger partial charge is 0.252 e. The predicted molar refractivity (Wildman–Crippen MR) is 168 cm³/mol. The molecule has 0 bridgehead atoms. The van der Waals surface area contributed by atoms with Crippen molar-refractivity contribution in [3.63, 3.8) is 0 Å². The highest BCUT2D eigenvalue weighted by Gasteiger charge is 2.25. The fourth-order valence-electron chi connectivity index (χ4n) is 4.49. The van der Waals surface area contributed by atoms with Crippen molar-refractivity contribution >= 4 is 51.6 Å². The Morgan fingerprint density at radius 1 is 1.09 bits per heavy atom. The molecule has 1 aliphatic carbocycles. The number of anilines is 3. The quantitative estimate of drug-likeness (QED) is 0.330. The number of benzene rings is 1. The number of carbonyl (C=O) groups excluding carboxylic acids is 3. The van der Waals surface area contributed by atoms with E-state index in [1.165, 1.54) is 0 Å². The number of nitriles is 1. The largest absolute Gasteiger partial charge is 0.371 e. The monoisotopic (exact) mass is 605 g/mol. The Bertz CT molecular complexity index is 1390. The van der Waals surface area contributed by atoms with Crippen LogP contribution in [0.1, 0.15) is 38.8 Å². The first-order valence-electron chi connectivity index (χ1n) is 14.1. The van der Waals surface area contributed by atoms with Crippen molar-refractivity contribution in [3.05, 3.63) is 72.1 Å². The standard InChI is InChI=1S/C29H30FN7O3S.C2H6/c30-19-41-26(38)18-34-28(40)22-11-16-37(17-12-22)24-8-6-23(7-9-24)35-29-33-14-10-25(36-29)20-2-1-3-21(5-4-20)27(39)32-15-13-31;1-2/h1,3-10,14,22H,2,11-12,15-19H2,(H,32,39)(H,34,40)(H,33,35,36);1-2H3. The number of hydrogen-bond donors (Lipinski definition) is 3. The lowest BCUT2D eigenvalue weighted by Gasteiger charge is -2.33. The van der Waals surface area contributed by atoms with E-state index >= 15 is 0 Å². The summed E-state index contributed by atoms with van der Waals surface area (Å²) >= 11 is 0.562. The van der Waals surface area contributed by atoms with Crippen LogP contribution in [0.25, 0.3) is 5.57 Å². The van der Waals surface area contributed by atoms with Crippen molar-refractivity contribution in [1.82, 2.24) is 20.6 Å². The van der Waals surface area contributed by atoms with Gasteiger partial charge in [0.2, 0.25) is 17.0 Å². The average molecular weight is 606 g/mol. The van der Waals surface area contributed by atoms with Gasteiger partial charge in [-0.05, 0) is 61.2 Å². The van der Waals surface area contributed by atoms with Crippen molar-refractivity contribution in [2.45, 2.75) is 33.1 Å². The van der Waals surface area contributed by atoms with Crippen molar-refractivity contribution in [2.75, 3.05) is 42.4 Å². The molecule has 1 aromatic heterocycles. The number of piperidine rings is 1. The Hall–Kier alpha value is -4.50. The van der Waals surface area contributed by atoms with Gasteiger partial charge in [0, 0.05) is 42.2 Å². The number of aromatic nitrogens is 2. The Kier molecular flexibility index (Phi) is 13.4. The lowest BCUT2D eigenvalue weighted by molar-refractivity contribution is -0.127. The number of alkyl halides is 1. The van der Waals surface area contributed by atoms with E-state index in [9.17, 15) is 18.8 Å². The molecule has 1 saturated heterocycles. The Balaban J connectivity index is 0.00000248. The second-order valence-corrected chi connectivity index (χ2v) is 10.3. The molecule has 1 fully saturated rings. The molecule has 1 aliphatic heterocycles. The normalized spacial score (nSPS) is 14.6. The number of thioether (sulfide) groups is 1. The van der Waals surface area contributed by atoms with Crippen LogP contribution in [0.2, 0.25) is 0 Å². The van der Waals surface area contributed by atoms with E-state index in [2.05, 4.69) is 30.8 Å². The van der Waals surface area contributed by atoms with Gasteiger partial charge < -0.3 is 20.9 Å². The number of amides is 2. The zero-order valence-corrected chi connectivity index (χ0v) is 25.1. The molecule has 3 N–H and O–H groups in total. The molecule has 12 heteroatoms. The van der Waals surface area contributed by atoms with E-state index in [1.54, 1.807) is 18.3 Å². The second kappa shape index (κ2) is 17.5. The Morgan fingerprint density at radius 2 is 1.84 bits per heavy atom. The minimum atomic E-state index is -0.788. The van der Waals surface area contributed by atoms with E-state index in [0.717, 1.165) is 22.6 Å². The van der Waals surface area contributed by atoms with Gasteiger partial charge in [-0.1, -0.05) is 43.8 Å². The third-order valence-corrected chi connectivity index (χ3v) is 7.23. The molecular formula is C31H36FN7O3S.